The van der Waals surface area contributed by atoms with E-state index in [4.69, 9.17) is 43.9 Å². The van der Waals surface area contributed by atoms with Gasteiger partial charge in [0.05, 0.1) is 19.6 Å². The number of alkyl halides is 3. The van der Waals surface area contributed by atoms with Crippen molar-refractivity contribution in [2.45, 2.75) is 42.7 Å². The summed E-state index contributed by atoms with van der Waals surface area (Å²) in [4.78, 5) is 12.8. The molecular weight excluding hydrogens is 456 g/mol. The number of carbonyl (C=O) groups excluding carboxylic acids is 1. The van der Waals surface area contributed by atoms with Crippen LogP contribution < -0.4 is 5.32 Å². The molecule has 0 heterocycles. The van der Waals surface area contributed by atoms with Crippen molar-refractivity contribution in [1.29, 1.82) is 0 Å². The van der Waals surface area contributed by atoms with Crippen LogP contribution in [0.2, 0.25) is 0 Å². The highest BCUT2D eigenvalue weighted by Gasteiger charge is 2.49. The van der Waals surface area contributed by atoms with Crippen LogP contribution in [0.3, 0.4) is 0 Å². The lowest BCUT2D eigenvalue weighted by molar-refractivity contribution is -0.120. The van der Waals surface area contributed by atoms with Crippen molar-refractivity contribution in [3.63, 3.8) is 0 Å². The summed E-state index contributed by atoms with van der Waals surface area (Å²) in [5.74, 6) is -1.88. The first kappa shape index (κ1) is 24.5. The standard InChI is InChI=1S/C20H25Cl3NO4P/c1-3-12-27-29(26,28-13-4-2)19(20(21,22)23)24-18(25)14-16-10-7-9-15-8-5-6-11-17(15)16/h5-11,19H,3-4,12-14H2,1-2H3,(H,24,25). The minimum atomic E-state index is -3.92. The van der Waals surface area contributed by atoms with Gasteiger partial charge in [-0.2, -0.15) is 0 Å². The van der Waals surface area contributed by atoms with E-state index < -0.39 is 23.1 Å². The number of rotatable bonds is 10. The zero-order chi connectivity index (χ0) is 21.5. The highest BCUT2D eigenvalue weighted by atomic mass is 35.6. The number of fused-ring (bicyclic) bond motifs is 1. The van der Waals surface area contributed by atoms with Gasteiger partial charge in [-0.05, 0) is 29.2 Å². The maximum atomic E-state index is 13.4. The molecule has 0 bridgehead atoms. The van der Waals surface area contributed by atoms with Crippen LogP contribution in [0.4, 0.5) is 0 Å². The molecule has 160 valence electrons. The van der Waals surface area contributed by atoms with E-state index in [-0.39, 0.29) is 19.6 Å². The van der Waals surface area contributed by atoms with E-state index in [1.807, 2.05) is 56.3 Å². The van der Waals surface area contributed by atoms with Crippen LogP contribution in [0.15, 0.2) is 42.5 Å². The first-order valence-electron chi connectivity index (χ1n) is 9.42. The zero-order valence-electron chi connectivity index (χ0n) is 16.4. The van der Waals surface area contributed by atoms with E-state index in [0.29, 0.717) is 12.8 Å². The molecule has 0 aliphatic rings. The number of benzene rings is 2. The maximum Gasteiger partial charge on any atom is 0.357 e. The van der Waals surface area contributed by atoms with Crippen molar-refractivity contribution in [2.75, 3.05) is 13.2 Å². The van der Waals surface area contributed by atoms with Crippen LogP contribution in [-0.2, 0) is 24.8 Å². The number of amides is 1. The van der Waals surface area contributed by atoms with Gasteiger partial charge in [0.1, 0.15) is 0 Å². The maximum absolute atomic E-state index is 13.4. The summed E-state index contributed by atoms with van der Waals surface area (Å²) in [5.41, 5.74) is 0.808. The Kier molecular flexibility index (Phi) is 9.27. The van der Waals surface area contributed by atoms with Crippen molar-refractivity contribution in [3.05, 3.63) is 48.0 Å². The summed E-state index contributed by atoms with van der Waals surface area (Å²) < 4.78 is 22.2. The Morgan fingerprint density at radius 3 is 2.21 bits per heavy atom. The lowest BCUT2D eigenvalue weighted by Crippen LogP contribution is -2.45. The Labute approximate surface area is 186 Å². The molecule has 0 fully saturated rings. The van der Waals surface area contributed by atoms with Gasteiger partial charge in [0.2, 0.25) is 9.70 Å². The summed E-state index contributed by atoms with van der Waals surface area (Å²) in [6.07, 6.45) is 1.21. The number of nitrogens with one attached hydrogen (secondary N) is 1. The second-order valence-electron chi connectivity index (χ2n) is 6.53. The average Bonchev–Trinajstić information content (AvgIpc) is 2.68. The predicted octanol–water partition coefficient (Wildman–Crippen LogP) is 6.24. The van der Waals surface area contributed by atoms with E-state index in [2.05, 4.69) is 5.32 Å². The van der Waals surface area contributed by atoms with Crippen LogP contribution >= 0.6 is 42.4 Å². The Morgan fingerprint density at radius 1 is 1.03 bits per heavy atom. The van der Waals surface area contributed by atoms with Crippen LogP contribution in [-0.4, -0.2) is 28.7 Å². The lowest BCUT2D eigenvalue weighted by Gasteiger charge is -2.31. The topological polar surface area (TPSA) is 64.6 Å². The van der Waals surface area contributed by atoms with Crippen molar-refractivity contribution >= 4 is 59.1 Å². The van der Waals surface area contributed by atoms with Gasteiger partial charge in [-0.3, -0.25) is 9.36 Å². The molecule has 9 heteroatoms. The van der Waals surface area contributed by atoms with Crippen molar-refractivity contribution in [1.82, 2.24) is 5.32 Å². The van der Waals surface area contributed by atoms with Gasteiger partial charge >= 0.3 is 7.60 Å². The molecule has 29 heavy (non-hydrogen) atoms. The number of carbonyl (C=O) groups is 1. The van der Waals surface area contributed by atoms with Crippen LogP contribution in [0.1, 0.15) is 32.3 Å². The smallest absolute Gasteiger partial charge is 0.338 e. The van der Waals surface area contributed by atoms with Gasteiger partial charge in [0, 0.05) is 0 Å². The summed E-state index contributed by atoms with van der Waals surface area (Å²) in [6, 6.07) is 13.4. The Bertz CT molecular complexity index is 855. The number of halogens is 3. The fourth-order valence-electron chi connectivity index (χ4n) is 2.79. The van der Waals surface area contributed by atoms with Crippen LogP contribution in [0, 0.1) is 0 Å². The van der Waals surface area contributed by atoms with Crippen molar-refractivity contribution in [2.24, 2.45) is 0 Å². The molecule has 1 unspecified atom stereocenters. The lowest BCUT2D eigenvalue weighted by atomic mass is 10.0. The molecule has 1 atom stereocenters. The molecule has 0 saturated heterocycles. The number of hydrogen-bond donors (Lipinski definition) is 1. The van der Waals surface area contributed by atoms with E-state index in [1.54, 1.807) is 0 Å². The molecule has 5 nitrogen and oxygen atoms in total. The third-order valence-electron chi connectivity index (χ3n) is 4.11. The molecular formula is C20H25Cl3NO4P. The molecule has 0 aliphatic heterocycles. The predicted molar refractivity (Wildman–Crippen MR) is 120 cm³/mol. The molecule has 2 aromatic rings. The van der Waals surface area contributed by atoms with E-state index in [9.17, 15) is 9.36 Å². The quantitative estimate of drug-likeness (QED) is 0.323. The summed E-state index contributed by atoms with van der Waals surface area (Å²) in [6.45, 7) is 4.01. The molecule has 2 rings (SSSR count). The highest BCUT2D eigenvalue weighted by molar-refractivity contribution is 7.55. The monoisotopic (exact) mass is 479 g/mol. The molecule has 0 radical (unpaired) electrons. The Morgan fingerprint density at radius 2 is 1.62 bits per heavy atom. The third-order valence-corrected chi connectivity index (χ3v) is 7.45. The van der Waals surface area contributed by atoms with Crippen molar-refractivity contribution < 1.29 is 18.4 Å². The first-order valence-corrected chi connectivity index (χ1v) is 12.2. The molecule has 0 aromatic heterocycles. The van der Waals surface area contributed by atoms with E-state index in [1.165, 1.54) is 0 Å². The highest BCUT2D eigenvalue weighted by Crippen LogP contribution is 2.59. The SMILES string of the molecule is CCCOP(=O)(OCCC)C(NC(=O)Cc1cccc2ccccc12)C(Cl)(Cl)Cl. The molecule has 2 aromatic carbocycles. The summed E-state index contributed by atoms with van der Waals surface area (Å²) >= 11 is 18.2. The zero-order valence-corrected chi connectivity index (χ0v) is 19.5. The third kappa shape index (κ3) is 6.85. The fourth-order valence-corrected chi connectivity index (χ4v) is 5.93. The average molecular weight is 481 g/mol. The van der Waals surface area contributed by atoms with E-state index >= 15 is 0 Å². The Balaban J connectivity index is 2.26. The van der Waals surface area contributed by atoms with E-state index in [0.717, 1.165) is 16.3 Å². The van der Waals surface area contributed by atoms with Gasteiger partial charge in [-0.1, -0.05) is 91.1 Å². The number of hydrogen-bond acceptors (Lipinski definition) is 4. The minimum Gasteiger partial charge on any atom is -0.338 e. The minimum absolute atomic E-state index is 0.0279. The van der Waals surface area contributed by atoms with Crippen LogP contribution in [0.25, 0.3) is 10.8 Å². The van der Waals surface area contributed by atoms with Gasteiger partial charge < -0.3 is 14.4 Å². The molecule has 0 spiro atoms. The fraction of sp³-hybridized carbons (Fsp3) is 0.450. The van der Waals surface area contributed by atoms with Crippen molar-refractivity contribution in [3.8, 4) is 0 Å². The Hall–Kier alpha value is -0.810. The van der Waals surface area contributed by atoms with Gasteiger partial charge in [-0.15, -0.1) is 0 Å². The second-order valence-corrected chi connectivity index (χ2v) is 11.0. The molecule has 0 saturated carbocycles. The second kappa shape index (κ2) is 11.0. The molecule has 1 N–H and O–H groups in total. The summed E-state index contributed by atoms with van der Waals surface area (Å²) in [5, 5.41) is 4.54. The van der Waals surface area contributed by atoms with Gasteiger partial charge in [0.25, 0.3) is 0 Å². The summed E-state index contributed by atoms with van der Waals surface area (Å²) in [7, 11) is -3.92. The largest absolute Gasteiger partial charge is 0.357 e. The van der Waals surface area contributed by atoms with Crippen LogP contribution in [0.5, 0.6) is 0 Å². The normalized spacial score (nSPS) is 13.4. The molecule has 1 amide bonds. The van der Waals surface area contributed by atoms with Gasteiger partial charge in [0.15, 0.2) is 5.78 Å². The molecule has 0 aliphatic carbocycles. The van der Waals surface area contributed by atoms with Gasteiger partial charge in [-0.25, -0.2) is 0 Å². The first-order chi connectivity index (χ1) is 13.7.